The maximum Gasteiger partial charge on any atom is 0.0772 e. The van der Waals surface area contributed by atoms with Crippen molar-refractivity contribution in [1.82, 2.24) is 5.32 Å². The van der Waals surface area contributed by atoms with E-state index in [9.17, 15) is 5.11 Å². The molecule has 2 heteroatoms. The second-order valence-electron chi connectivity index (χ2n) is 4.84. The highest BCUT2D eigenvalue weighted by atomic mass is 16.3. The zero-order valence-corrected chi connectivity index (χ0v) is 7.94. The zero-order chi connectivity index (χ0) is 8.70. The molecule has 0 amide bonds. The topological polar surface area (TPSA) is 32.3 Å². The molecule has 2 N–H and O–H groups in total. The largest absolute Gasteiger partial charge is 0.389 e. The van der Waals surface area contributed by atoms with E-state index < -0.39 is 5.60 Å². The lowest BCUT2D eigenvalue weighted by molar-refractivity contribution is -0.0597. The Labute approximate surface area is 69.0 Å². The molecule has 1 rings (SSSR count). The van der Waals surface area contributed by atoms with Crippen molar-refractivity contribution in [3.8, 4) is 0 Å². The average molecular weight is 157 g/mol. The van der Waals surface area contributed by atoms with Crippen LogP contribution in [0.5, 0.6) is 0 Å². The van der Waals surface area contributed by atoms with E-state index in [0.29, 0.717) is 6.04 Å². The van der Waals surface area contributed by atoms with Crippen LogP contribution in [0.15, 0.2) is 0 Å². The minimum atomic E-state index is -0.465. The summed E-state index contributed by atoms with van der Waals surface area (Å²) in [7, 11) is 0. The van der Waals surface area contributed by atoms with Gasteiger partial charge in [-0.3, -0.25) is 0 Å². The minimum absolute atomic E-state index is 0.120. The Morgan fingerprint density at radius 3 is 2.09 bits per heavy atom. The quantitative estimate of drug-likeness (QED) is 0.601. The molecule has 11 heavy (non-hydrogen) atoms. The Hall–Kier alpha value is -0.0800. The number of rotatable bonds is 1. The summed E-state index contributed by atoms with van der Waals surface area (Å²) < 4.78 is 0. The molecule has 0 aromatic heterocycles. The first-order valence-corrected chi connectivity index (χ1v) is 4.31. The smallest absolute Gasteiger partial charge is 0.0772 e. The molecule has 66 valence electrons. The Morgan fingerprint density at radius 1 is 1.45 bits per heavy atom. The van der Waals surface area contributed by atoms with E-state index in [4.69, 9.17) is 0 Å². The van der Waals surface area contributed by atoms with E-state index in [1.54, 1.807) is 0 Å². The molecule has 0 aromatic rings. The molecule has 0 heterocycles. The average Bonchev–Trinajstić information content (AvgIpc) is 1.79. The predicted molar refractivity (Wildman–Crippen MR) is 46.5 cm³/mol. The molecule has 1 aliphatic carbocycles. The lowest BCUT2D eigenvalue weighted by Crippen LogP contribution is -2.61. The van der Waals surface area contributed by atoms with Gasteiger partial charge in [0.25, 0.3) is 0 Å². The first kappa shape index (κ1) is 9.01. The highest BCUT2D eigenvalue weighted by Gasteiger charge is 2.42. The van der Waals surface area contributed by atoms with Crippen LogP contribution in [-0.4, -0.2) is 22.3 Å². The van der Waals surface area contributed by atoms with Crippen molar-refractivity contribution in [2.24, 2.45) is 0 Å². The number of aliphatic hydroxyl groups is 1. The maximum atomic E-state index is 9.67. The maximum absolute atomic E-state index is 9.67. The summed E-state index contributed by atoms with van der Waals surface area (Å²) in [5.41, 5.74) is -0.345. The molecule has 0 radical (unpaired) electrons. The fourth-order valence-corrected chi connectivity index (χ4v) is 1.46. The van der Waals surface area contributed by atoms with Crippen molar-refractivity contribution in [1.29, 1.82) is 0 Å². The molecule has 0 bridgehead atoms. The van der Waals surface area contributed by atoms with Gasteiger partial charge in [-0.05, 0) is 40.5 Å². The molecule has 0 saturated heterocycles. The molecular formula is C9H19NO. The molecule has 1 fully saturated rings. The van der Waals surface area contributed by atoms with Gasteiger partial charge in [-0.15, -0.1) is 0 Å². The summed E-state index contributed by atoms with van der Waals surface area (Å²) in [5.74, 6) is 0. The fourth-order valence-electron chi connectivity index (χ4n) is 1.46. The van der Waals surface area contributed by atoms with Crippen LogP contribution in [0.3, 0.4) is 0 Å². The van der Waals surface area contributed by atoms with Gasteiger partial charge < -0.3 is 10.4 Å². The summed E-state index contributed by atoms with van der Waals surface area (Å²) in [4.78, 5) is 0. The van der Waals surface area contributed by atoms with Crippen LogP contribution in [0.25, 0.3) is 0 Å². The SMILES string of the molecule is CC(C)(C)N[C@H]1CC[C@]1(C)O. The lowest BCUT2D eigenvalue weighted by atomic mass is 9.75. The van der Waals surface area contributed by atoms with Gasteiger partial charge in [-0.2, -0.15) is 0 Å². The van der Waals surface area contributed by atoms with Gasteiger partial charge in [-0.25, -0.2) is 0 Å². The first-order valence-electron chi connectivity index (χ1n) is 4.31. The van der Waals surface area contributed by atoms with Crippen LogP contribution in [0, 0.1) is 0 Å². The molecule has 1 saturated carbocycles. The fraction of sp³-hybridized carbons (Fsp3) is 1.00. The molecule has 0 aromatic carbocycles. The summed E-state index contributed by atoms with van der Waals surface area (Å²) in [6.45, 7) is 8.28. The second kappa shape index (κ2) is 2.46. The van der Waals surface area contributed by atoms with Crippen molar-refractivity contribution >= 4 is 0 Å². The van der Waals surface area contributed by atoms with Gasteiger partial charge in [0.15, 0.2) is 0 Å². The van der Waals surface area contributed by atoms with Gasteiger partial charge >= 0.3 is 0 Å². The van der Waals surface area contributed by atoms with Crippen molar-refractivity contribution < 1.29 is 5.11 Å². The predicted octanol–water partition coefficient (Wildman–Crippen LogP) is 1.29. The molecule has 0 aliphatic heterocycles. The molecule has 2 nitrogen and oxygen atoms in total. The van der Waals surface area contributed by atoms with Crippen molar-refractivity contribution in [2.45, 2.75) is 57.7 Å². The summed E-state index contributed by atoms with van der Waals surface area (Å²) in [6, 6.07) is 0.294. The van der Waals surface area contributed by atoms with E-state index in [0.717, 1.165) is 12.8 Å². The van der Waals surface area contributed by atoms with Crippen molar-refractivity contribution in [3.63, 3.8) is 0 Å². The van der Waals surface area contributed by atoms with Crippen LogP contribution >= 0.6 is 0 Å². The summed E-state index contributed by atoms with van der Waals surface area (Å²) in [6.07, 6.45) is 2.03. The van der Waals surface area contributed by atoms with Crippen molar-refractivity contribution in [2.75, 3.05) is 0 Å². The van der Waals surface area contributed by atoms with Gasteiger partial charge in [0.05, 0.1) is 5.60 Å². The van der Waals surface area contributed by atoms with Gasteiger partial charge in [0.1, 0.15) is 0 Å². The third kappa shape index (κ3) is 2.17. The van der Waals surface area contributed by atoms with Gasteiger partial charge in [0.2, 0.25) is 0 Å². The molecule has 2 atom stereocenters. The number of hydrogen-bond acceptors (Lipinski definition) is 2. The zero-order valence-electron chi connectivity index (χ0n) is 7.94. The number of nitrogens with one attached hydrogen (secondary N) is 1. The Bertz CT molecular complexity index is 146. The monoisotopic (exact) mass is 157 g/mol. The highest BCUT2D eigenvalue weighted by molar-refractivity contribution is 5.00. The Balaban J connectivity index is 2.40. The second-order valence-corrected chi connectivity index (χ2v) is 4.84. The number of hydrogen-bond donors (Lipinski definition) is 2. The van der Waals surface area contributed by atoms with Gasteiger partial charge in [0, 0.05) is 11.6 Å². The standard InChI is InChI=1S/C9H19NO/c1-8(2,3)10-7-5-6-9(7,4)11/h7,10-11H,5-6H2,1-4H3/t7-,9-/m0/s1. The third-order valence-corrected chi connectivity index (χ3v) is 2.30. The summed E-state index contributed by atoms with van der Waals surface area (Å²) >= 11 is 0. The van der Waals surface area contributed by atoms with Crippen LogP contribution < -0.4 is 5.32 Å². The highest BCUT2D eigenvalue weighted by Crippen LogP contribution is 2.32. The van der Waals surface area contributed by atoms with E-state index in [1.807, 2.05) is 6.92 Å². The lowest BCUT2D eigenvalue weighted by Gasteiger charge is -2.46. The van der Waals surface area contributed by atoms with Crippen LogP contribution in [-0.2, 0) is 0 Å². The van der Waals surface area contributed by atoms with Crippen LogP contribution in [0.4, 0.5) is 0 Å². The summed E-state index contributed by atoms with van der Waals surface area (Å²) in [5, 5.41) is 13.1. The molecule has 1 aliphatic rings. The van der Waals surface area contributed by atoms with Crippen LogP contribution in [0.1, 0.15) is 40.5 Å². The molecular weight excluding hydrogens is 138 g/mol. The third-order valence-electron chi connectivity index (χ3n) is 2.30. The Morgan fingerprint density at radius 2 is 2.00 bits per heavy atom. The Kier molecular flexibility index (Phi) is 2.01. The van der Waals surface area contributed by atoms with E-state index >= 15 is 0 Å². The van der Waals surface area contributed by atoms with Gasteiger partial charge in [-0.1, -0.05) is 0 Å². The van der Waals surface area contributed by atoms with Crippen molar-refractivity contribution in [3.05, 3.63) is 0 Å². The minimum Gasteiger partial charge on any atom is -0.389 e. The normalized spacial score (nSPS) is 38.5. The van der Waals surface area contributed by atoms with E-state index in [-0.39, 0.29) is 5.54 Å². The first-order chi connectivity index (χ1) is 4.81. The van der Waals surface area contributed by atoms with Crippen LogP contribution in [0.2, 0.25) is 0 Å². The van der Waals surface area contributed by atoms with E-state index in [1.165, 1.54) is 0 Å². The molecule has 0 spiro atoms. The molecule has 0 unspecified atom stereocenters. The van der Waals surface area contributed by atoms with E-state index in [2.05, 4.69) is 26.1 Å².